The largest absolute Gasteiger partial charge is 0.468 e. The van der Waals surface area contributed by atoms with Crippen LogP contribution in [0.15, 0.2) is 76.2 Å². The Hall–Kier alpha value is -3.63. The molecule has 9 nitrogen and oxygen atoms in total. The molecular weight excluding hydrogens is 446 g/mol. The zero-order valence-corrected chi connectivity index (χ0v) is 19.3. The van der Waals surface area contributed by atoms with Gasteiger partial charge in [-0.3, -0.25) is 4.79 Å². The van der Waals surface area contributed by atoms with Crippen LogP contribution in [0, 0.1) is 0 Å². The van der Waals surface area contributed by atoms with E-state index in [9.17, 15) is 18.0 Å². The van der Waals surface area contributed by atoms with Gasteiger partial charge in [-0.2, -0.15) is 0 Å². The second-order valence-corrected chi connectivity index (χ2v) is 9.17. The normalized spacial score (nSPS) is 12.1. The highest BCUT2D eigenvalue weighted by Gasteiger charge is 2.20. The number of rotatable bonds is 9. The molecule has 0 saturated carbocycles. The maximum Gasteiger partial charge on any atom is 0.338 e. The van der Waals surface area contributed by atoms with Crippen LogP contribution >= 0.6 is 0 Å². The Balaban J connectivity index is 1.56. The minimum atomic E-state index is -3.79. The van der Waals surface area contributed by atoms with E-state index in [1.54, 1.807) is 24.3 Å². The van der Waals surface area contributed by atoms with E-state index < -0.39 is 28.0 Å². The molecule has 1 aromatic heterocycles. The van der Waals surface area contributed by atoms with Crippen molar-refractivity contribution in [1.82, 2.24) is 4.72 Å². The Bertz CT molecular complexity index is 1190. The molecule has 0 spiro atoms. The van der Waals surface area contributed by atoms with Crippen LogP contribution in [0.25, 0.3) is 0 Å². The first-order valence-electron chi connectivity index (χ1n) is 10.1. The molecule has 2 aromatic carbocycles. The first kappa shape index (κ1) is 24.0. The van der Waals surface area contributed by atoms with E-state index in [4.69, 9.17) is 9.15 Å². The van der Waals surface area contributed by atoms with Crippen LogP contribution in [0.3, 0.4) is 0 Å². The monoisotopic (exact) mass is 471 g/mol. The van der Waals surface area contributed by atoms with Gasteiger partial charge < -0.3 is 19.4 Å². The average molecular weight is 472 g/mol. The minimum Gasteiger partial charge on any atom is -0.468 e. The van der Waals surface area contributed by atoms with E-state index in [0.717, 1.165) is 5.69 Å². The third kappa shape index (κ3) is 6.43. The van der Waals surface area contributed by atoms with E-state index in [2.05, 4.69) is 10.0 Å². The molecule has 0 aliphatic carbocycles. The maximum atomic E-state index is 12.4. The fourth-order valence-corrected chi connectivity index (χ4v) is 3.80. The van der Waals surface area contributed by atoms with Gasteiger partial charge in [0.1, 0.15) is 5.76 Å². The number of nitrogens with one attached hydrogen (secondary N) is 2. The van der Waals surface area contributed by atoms with Crippen molar-refractivity contribution in [1.29, 1.82) is 0 Å². The second-order valence-electron chi connectivity index (χ2n) is 7.41. The van der Waals surface area contributed by atoms with Crippen molar-refractivity contribution in [2.75, 3.05) is 24.3 Å². The lowest BCUT2D eigenvalue weighted by Crippen LogP contribution is -2.30. The smallest absolute Gasteiger partial charge is 0.338 e. The highest BCUT2D eigenvalue weighted by Crippen LogP contribution is 2.17. The van der Waals surface area contributed by atoms with E-state index >= 15 is 0 Å². The summed E-state index contributed by atoms with van der Waals surface area (Å²) < 4.78 is 37.5. The van der Waals surface area contributed by atoms with Crippen LogP contribution in [0.2, 0.25) is 0 Å². The van der Waals surface area contributed by atoms with Gasteiger partial charge >= 0.3 is 5.97 Å². The summed E-state index contributed by atoms with van der Waals surface area (Å²) in [5.41, 5.74) is 1.68. The lowest BCUT2D eigenvalue weighted by atomic mass is 10.2. The van der Waals surface area contributed by atoms with Gasteiger partial charge in [-0.05, 0) is 67.6 Å². The predicted molar refractivity (Wildman–Crippen MR) is 123 cm³/mol. The van der Waals surface area contributed by atoms with Gasteiger partial charge in [-0.1, -0.05) is 0 Å². The van der Waals surface area contributed by atoms with Gasteiger partial charge in [-0.15, -0.1) is 0 Å². The van der Waals surface area contributed by atoms with Crippen molar-refractivity contribution in [3.05, 3.63) is 78.3 Å². The first-order valence-corrected chi connectivity index (χ1v) is 11.6. The van der Waals surface area contributed by atoms with Crippen molar-refractivity contribution >= 4 is 33.3 Å². The number of carbonyl (C=O) groups excluding carboxylic acids is 2. The topological polar surface area (TPSA) is 118 Å². The Labute approximate surface area is 192 Å². The number of sulfonamides is 1. The number of esters is 1. The van der Waals surface area contributed by atoms with Gasteiger partial charge in [-0.25, -0.2) is 17.9 Å². The summed E-state index contributed by atoms with van der Waals surface area (Å²) in [5, 5.41) is 2.69. The highest BCUT2D eigenvalue weighted by atomic mass is 32.2. The van der Waals surface area contributed by atoms with Crippen LogP contribution in [-0.2, 0) is 26.1 Å². The second kappa shape index (κ2) is 10.3. The number of nitrogens with zero attached hydrogens (tertiary/aromatic N) is 1. The molecule has 3 aromatic rings. The fraction of sp³-hybridized carbons (Fsp3) is 0.217. The molecule has 0 aliphatic heterocycles. The van der Waals surface area contributed by atoms with Crippen molar-refractivity contribution < 1.29 is 27.2 Å². The summed E-state index contributed by atoms with van der Waals surface area (Å²) >= 11 is 0. The number of furan rings is 1. The quantitative estimate of drug-likeness (QED) is 0.461. The summed E-state index contributed by atoms with van der Waals surface area (Å²) in [6, 6.07) is 15.8. The fourth-order valence-electron chi connectivity index (χ4n) is 2.80. The number of ether oxygens (including phenoxy) is 1. The maximum absolute atomic E-state index is 12.4. The molecule has 1 atom stereocenters. The molecule has 1 heterocycles. The zero-order chi connectivity index (χ0) is 24.0. The van der Waals surface area contributed by atoms with Gasteiger partial charge in [0.15, 0.2) is 6.10 Å². The summed E-state index contributed by atoms with van der Waals surface area (Å²) in [5.74, 6) is -0.755. The molecule has 33 heavy (non-hydrogen) atoms. The number of anilines is 2. The van der Waals surface area contributed by atoms with Gasteiger partial charge in [0, 0.05) is 25.5 Å². The molecule has 0 aliphatic rings. The molecule has 2 N–H and O–H groups in total. The van der Waals surface area contributed by atoms with Crippen LogP contribution in [0.5, 0.6) is 0 Å². The molecule has 174 valence electrons. The molecule has 3 rings (SSSR count). The molecule has 1 amide bonds. The van der Waals surface area contributed by atoms with E-state index in [0.29, 0.717) is 11.4 Å². The molecule has 0 bridgehead atoms. The summed E-state index contributed by atoms with van der Waals surface area (Å²) in [6.45, 7) is 1.46. The molecule has 10 heteroatoms. The summed E-state index contributed by atoms with van der Waals surface area (Å²) in [4.78, 5) is 26.7. The van der Waals surface area contributed by atoms with Crippen molar-refractivity contribution in [2.45, 2.75) is 24.5 Å². The molecule has 1 unspecified atom stereocenters. The molecule has 0 radical (unpaired) electrons. The Kier molecular flexibility index (Phi) is 7.52. The Morgan fingerprint density at radius 2 is 1.70 bits per heavy atom. The predicted octanol–water partition coefficient (Wildman–Crippen LogP) is 3.01. The van der Waals surface area contributed by atoms with Gasteiger partial charge in [0.25, 0.3) is 5.91 Å². The number of carbonyl (C=O) groups is 2. The van der Waals surface area contributed by atoms with E-state index in [-0.39, 0.29) is 17.0 Å². The zero-order valence-electron chi connectivity index (χ0n) is 18.4. The number of benzene rings is 2. The number of hydrogen-bond donors (Lipinski definition) is 2. The van der Waals surface area contributed by atoms with Gasteiger partial charge in [0.2, 0.25) is 10.0 Å². The average Bonchev–Trinajstić information content (AvgIpc) is 3.32. The highest BCUT2D eigenvalue weighted by molar-refractivity contribution is 7.89. The van der Waals surface area contributed by atoms with Crippen LogP contribution < -0.4 is 14.9 Å². The lowest BCUT2D eigenvalue weighted by molar-refractivity contribution is -0.123. The molecule has 0 saturated heterocycles. The standard InChI is InChI=1S/C23H25N3O6S/c1-16(22(27)25-18-8-10-19(11-9-18)26(2)3)32-23(28)17-6-12-21(13-7-17)33(29,30)24-15-20-5-4-14-31-20/h4-14,16,24H,15H2,1-3H3,(H,25,27). The third-order valence-electron chi connectivity index (χ3n) is 4.72. The minimum absolute atomic E-state index is 0.00360. The van der Waals surface area contributed by atoms with Crippen molar-refractivity contribution in [3.63, 3.8) is 0 Å². The van der Waals surface area contributed by atoms with Crippen molar-refractivity contribution in [3.8, 4) is 0 Å². The molecule has 0 fully saturated rings. The summed E-state index contributed by atoms with van der Waals surface area (Å²) in [7, 11) is 0.0348. The van der Waals surface area contributed by atoms with Crippen LogP contribution in [0.4, 0.5) is 11.4 Å². The van der Waals surface area contributed by atoms with Gasteiger partial charge in [0.05, 0.1) is 23.3 Å². The number of hydrogen-bond acceptors (Lipinski definition) is 7. The third-order valence-corrected chi connectivity index (χ3v) is 6.14. The Morgan fingerprint density at radius 1 is 1.03 bits per heavy atom. The first-order chi connectivity index (χ1) is 15.7. The van der Waals surface area contributed by atoms with Crippen LogP contribution in [-0.4, -0.2) is 40.5 Å². The van der Waals surface area contributed by atoms with E-state index in [1.807, 2.05) is 31.1 Å². The van der Waals surface area contributed by atoms with E-state index in [1.165, 1.54) is 37.5 Å². The van der Waals surface area contributed by atoms with Crippen LogP contribution in [0.1, 0.15) is 23.0 Å². The Morgan fingerprint density at radius 3 is 2.27 bits per heavy atom. The SMILES string of the molecule is CC(OC(=O)c1ccc(S(=O)(=O)NCc2ccco2)cc1)C(=O)Nc1ccc(N(C)C)cc1. The summed E-state index contributed by atoms with van der Waals surface area (Å²) in [6.07, 6.45) is 0.399. The van der Waals surface area contributed by atoms with Crippen molar-refractivity contribution in [2.24, 2.45) is 0 Å². The number of amides is 1. The lowest BCUT2D eigenvalue weighted by Gasteiger charge is -2.15. The molecular formula is C23H25N3O6S.